The predicted molar refractivity (Wildman–Crippen MR) is 80.3 cm³/mol. The third kappa shape index (κ3) is 2.82. The maximum atomic E-state index is 12.9. The minimum atomic E-state index is -0.437. The van der Waals surface area contributed by atoms with Gasteiger partial charge in [0.2, 0.25) is 5.82 Å². The summed E-state index contributed by atoms with van der Waals surface area (Å²) in [5.74, 6) is 0.571. The van der Waals surface area contributed by atoms with E-state index in [1.54, 1.807) is 12.1 Å². The number of aromatic nitrogens is 3. The molecule has 22 heavy (non-hydrogen) atoms. The van der Waals surface area contributed by atoms with Crippen molar-refractivity contribution in [3.05, 3.63) is 53.5 Å². The first-order valence-electron chi connectivity index (χ1n) is 6.30. The van der Waals surface area contributed by atoms with Crippen molar-refractivity contribution >= 4 is 12.6 Å². The van der Waals surface area contributed by atoms with Crippen LogP contribution in [0, 0.1) is 17.1 Å². The summed E-state index contributed by atoms with van der Waals surface area (Å²) in [4.78, 5) is 8.13. The molecule has 0 aliphatic heterocycles. The van der Waals surface area contributed by atoms with Crippen molar-refractivity contribution in [1.82, 2.24) is 15.1 Å². The number of nitrogens with zero attached hydrogens (tertiary/aromatic N) is 4. The van der Waals surface area contributed by atoms with Gasteiger partial charge in [-0.05, 0) is 35.9 Å². The van der Waals surface area contributed by atoms with Crippen LogP contribution in [0.3, 0.4) is 0 Å². The van der Waals surface area contributed by atoms with Gasteiger partial charge in [-0.25, -0.2) is 9.37 Å². The molecule has 2 heterocycles. The summed E-state index contributed by atoms with van der Waals surface area (Å²) in [6, 6.07) is 10.0. The summed E-state index contributed by atoms with van der Waals surface area (Å²) in [5, 5.41) is 12.9. The number of hydrogen-bond acceptors (Lipinski definition) is 6. The summed E-state index contributed by atoms with van der Waals surface area (Å²) in [6.45, 7) is 0. The average Bonchev–Trinajstić information content (AvgIpc) is 3.05. The Bertz CT molecular complexity index is 855. The minimum Gasteiger partial charge on any atom is -0.334 e. The van der Waals surface area contributed by atoms with Crippen LogP contribution in [0.15, 0.2) is 41.1 Å². The van der Waals surface area contributed by atoms with Crippen LogP contribution in [0.5, 0.6) is 0 Å². The van der Waals surface area contributed by atoms with Crippen LogP contribution in [0.4, 0.5) is 4.39 Å². The van der Waals surface area contributed by atoms with E-state index >= 15 is 0 Å². The maximum Gasteiger partial charge on any atom is 0.258 e. The fourth-order valence-electron chi connectivity index (χ4n) is 1.92. The lowest BCUT2D eigenvalue weighted by Gasteiger charge is -2.00. The molecule has 0 spiro atoms. The van der Waals surface area contributed by atoms with Crippen molar-refractivity contribution in [3.63, 3.8) is 0 Å². The molecule has 0 aliphatic rings. The molecule has 0 amide bonds. The number of nitriles is 1. The van der Waals surface area contributed by atoms with E-state index in [1.165, 1.54) is 12.1 Å². The Morgan fingerprint density at radius 2 is 2.14 bits per heavy atom. The second-order valence-corrected chi connectivity index (χ2v) is 4.79. The molecule has 0 radical (unpaired) electrons. The van der Waals surface area contributed by atoms with Crippen LogP contribution >= 0.6 is 12.6 Å². The molecule has 0 saturated heterocycles. The third-order valence-corrected chi connectivity index (χ3v) is 3.30. The second kappa shape index (κ2) is 5.95. The van der Waals surface area contributed by atoms with E-state index in [1.807, 2.05) is 6.07 Å². The van der Waals surface area contributed by atoms with Crippen molar-refractivity contribution in [3.8, 4) is 29.0 Å². The molecule has 0 aliphatic carbocycles. The molecular weight excluding hydrogens is 303 g/mol. The molecule has 0 unspecified atom stereocenters. The van der Waals surface area contributed by atoms with Gasteiger partial charge in [0, 0.05) is 11.3 Å². The highest BCUT2D eigenvalue weighted by molar-refractivity contribution is 7.79. The summed E-state index contributed by atoms with van der Waals surface area (Å²) in [7, 11) is 0. The number of benzene rings is 1. The summed E-state index contributed by atoms with van der Waals surface area (Å²) in [6.07, 6.45) is 1.08. The highest BCUT2D eigenvalue weighted by Gasteiger charge is 2.13. The highest BCUT2D eigenvalue weighted by atomic mass is 32.1. The lowest BCUT2D eigenvalue weighted by molar-refractivity contribution is 0.432. The Kier molecular flexibility index (Phi) is 3.85. The largest absolute Gasteiger partial charge is 0.334 e. The van der Waals surface area contributed by atoms with Gasteiger partial charge in [0.1, 0.15) is 11.5 Å². The van der Waals surface area contributed by atoms with Crippen LogP contribution in [0.2, 0.25) is 0 Å². The van der Waals surface area contributed by atoms with Crippen molar-refractivity contribution in [2.45, 2.75) is 5.75 Å². The molecule has 5 nitrogen and oxygen atoms in total. The van der Waals surface area contributed by atoms with Gasteiger partial charge in [0.05, 0.1) is 17.8 Å². The van der Waals surface area contributed by atoms with E-state index in [-0.39, 0.29) is 11.7 Å². The molecule has 7 heteroatoms. The van der Waals surface area contributed by atoms with Crippen LogP contribution in [0.1, 0.15) is 11.1 Å². The van der Waals surface area contributed by atoms with Crippen molar-refractivity contribution in [2.24, 2.45) is 0 Å². The SMILES string of the molecule is N#Cc1cc(CS)cc(-c2nc(-c3ccc(F)cn3)no2)c1. The fourth-order valence-corrected chi connectivity index (χ4v) is 2.11. The Labute approximate surface area is 130 Å². The van der Waals surface area contributed by atoms with Crippen molar-refractivity contribution in [1.29, 1.82) is 5.26 Å². The van der Waals surface area contributed by atoms with Gasteiger partial charge in [-0.1, -0.05) is 5.16 Å². The third-order valence-electron chi connectivity index (χ3n) is 2.93. The number of rotatable bonds is 3. The number of pyridine rings is 1. The Hall–Kier alpha value is -2.72. The first-order chi connectivity index (χ1) is 10.7. The predicted octanol–water partition coefficient (Wildman–Crippen LogP) is 3.24. The summed E-state index contributed by atoms with van der Waals surface area (Å²) in [5.41, 5.74) is 2.39. The van der Waals surface area contributed by atoms with Crippen molar-refractivity contribution < 1.29 is 8.91 Å². The molecule has 0 bridgehead atoms. The first kappa shape index (κ1) is 14.2. The van der Waals surface area contributed by atoms with E-state index in [0.29, 0.717) is 22.6 Å². The van der Waals surface area contributed by atoms with Crippen LogP contribution in [-0.4, -0.2) is 15.1 Å². The zero-order chi connectivity index (χ0) is 15.5. The van der Waals surface area contributed by atoms with Crippen LogP contribution in [-0.2, 0) is 5.75 Å². The van der Waals surface area contributed by atoms with Crippen LogP contribution in [0.25, 0.3) is 23.0 Å². The van der Waals surface area contributed by atoms with E-state index in [0.717, 1.165) is 11.8 Å². The monoisotopic (exact) mass is 312 g/mol. The molecule has 108 valence electrons. The molecule has 3 aromatic rings. The summed E-state index contributed by atoms with van der Waals surface area (Å²) < 4.78 is 18.1. The topological polar surface area (TPSA) is 75.6 Å². The van der Waals surface area contributed by atoms with Gasteiger partial charge in [-0.15, -0.1) is 0 Å². The van der Waals surface area contributed by atoms with E-state index in [9.17, 15) is 4.39 Å². The van der Waals surface area contributed by atoms with Gasteiger partial charge in [0.25, 0.3) is 5.89 Å². The number of halogens is 1. The normalized spacial score (nSPS) is 10.4. The van der Waals surface area contributed by atoms with E-state index < -0.39 is 5.82 Å². The lowest BCUT2D eigenvalue weighted by atomic mass is 10.1. The lowest BCUT2D eigenvalue weighted by Crippen LogP contribution is -1.88. The molecule has 3 rings (SSSR count). The molecule has 0 N–H and O–H groups in total. The smallest absolute Gasteiger partial charge is 0.258 e. The molecule has 2 aromatic heterocycles. The second-order valence-electron chi connectivity index (χ2n) is 4.47. The molecule has 1 aromatic carbocycles. The number of thiol groups is 1. The molecule has 0 saturated carbocycles. The zero-order valence-corrected chi connectivity index (χ0v) is 12.1. The molecule has 0 fully saturated rings. The van der Waals surface area contributed by atoms with Crippen LogP contribution < -0.4 is 0 Å². The molecular formula is C15H9FN4OS. The van der Waals surface area contributed by atoms with Gasteiger partial charge in [-0.2, -0.15) is 22.9 Å². The van der Waals surface area contributed by atoms with Gasteiger partial charge in [0.15, 0.2) is 0 Å². The quantitative estimate of drug-likeness (QED) is 0.751. The van der Waals surface area contributed by atoms with Gasteiger partial charge in [-0.3, -0.25) is 0 Å². The summed E-state index contributed by atoms with van der Waals surface area (Å²) >= 11 is 4.21. The average molecular weight is 312 g/mol. The highest BCUT2D eigenvalue weighted by Crippen LogP contribution is 2.24. The zero-order valence-electron chi connectivity index (χ0n) is 11.2. The fraction of sp³-hybridized carbons (Fsp3) is 0.0667. The molecule has 0 atom stereocenters. The van der Waals surface area contributed by atoms with E-state index in [2.05, 4.69) is 33.8 Å². The Morgan fingerprint density at radius 3 is 2.82 bits per heavy atom. The van der Waals surface area contributed by atoms with Crippen molar-refractivity contribution in [2.75, 3.05) is 0 Å². The standard InChI is InChI=1S/C15H9FN4OS/c16-12-1-2-13(18-7-12)14-19-15(21-20-14)11-4-9(6-17)3-10(5-11)8-22/h1-5,7,22H,8H2. The Morgan fingerprint density at radius 1 is 1.27 bits per heavy atom. The first-order valence-corrected chi connectivity index (χ1v) is 6.94. The maximum absolute atomic E-state index is 12.9. The number of hydrogen-bond donors (Lipinski definition) is 1. The van der Waals surface area contributed by atoms with Gasteiger partial charge >= 0.3 is 0 Å². The van der Waals surface area contributed by atoms with Gasteiger partial charge < -0.3 is 4.52 Å². The Balaban J connectivity index is 2.00. The minimum absolute atomic E-state index is 0.254. The van der Waals surface area contributed by atoms with E-state index in [4.69, 9.17) is 9.78 Å².